The first-order valence-electron chi connectivity index (χ1n) is 3.06. The fraction of sp³-hybridized carbons (Fsp3) is 0.667. The van der Waals surface area contributed by atoms with Gasteiger partial charge in [-0.1, -0.05) is 0 Å². The largest absolute Gasteiger partial charge is 0.368 e. The van der Waals surface area contributed by atoms with E-state index in [-0.39, 0.29) is 0 Å². The Hall–Kier alpha value is -0.150. The lowest BCUT2D eigenvalue weighted by Gasteiger charge is -2.13. The monoisotopic (exact) mass is 144 g/mol. The van der Waals surface area contributed by atoms with E-state index in [0.29, 0.717) is 0 Å². The molecule has 0 amide bonds. The van der Waals surface area contributed by atoms with E-state index in [9.17, 15) is 0 Å². The maximum absolute atomic E-state index is 5.39. The molecule has 9 heavy (non-hydrogen) atoms. The van der Waals surface area contributed by atoms with Gasteiger partial charge in [0.2, 0.25) is 0 Å². The van der Waals surface area contributed by atoms with Crippen molar-refractivity contribution in [3.8, 4) is 0 Å². The molecule has 1 aliphatic rings. The molecule has 0 fully saturated rings. The molecule has 0 saturated carbocycles. The molecule has 0 spiro atoms. The first-order chi connectivity index (χ1) is 4.34. The molecule has 0 atom stereocenters. The van der Waals surface area contributed by atoms with Gasteiger partial charge in [0, 0.05) is 19.2 Å². The summed E-state index contributed by atoms with van der Waals surface area (Å²) in [6, 6.07) is 0. The average molecular weight is 144 g/mol. The molecule has 0 bridgehead atoms. The van der Waals surface area contributed by atoms with Crippen LogP contribution < -0.4 is 5.73 Å². The van der Waals surface area contributed by atoms with Gasteiger partial charge in [-0.3, -0.25) is 0 Å². The summed E-state index contributed by atoms with van der Waals surface area (Å²) in [4.78, 5) is 2.23. The molecule has 0 aliphatic carbocycles. The van der Waals surface area contributed by atoms with Crippen molar-refractivity contribution in [2.75, 3.05) is 19.5 Å². The lowest BCUT2D eigenvalue weighted by Crippen LogP contribution is -2.14. The standard InChI is InChI=1S/C6H12N2S/c1-8-5-9-4-6(8)2-3-7/h4H,2-3,5,7H2,1H3. The van der Waals surface area contributed by atoms with Crippen LogP contribution in [-0.4, -0.2) is 24.4 Å². The molecule has 1 rings (SSSR count). The summed E-state index contributed by atoms with van der Waals surface area (Å²) in [6.45, 7) is 0.761. The van der Waals surface area contributed by atoms with Crippen molar-refractivity contribution in [2.45, 2.75) is 6.42 Å². The van der Waals surface area contributed by atoms with Gasteiger partial charge in [-0.2, -0.15) is 0 Å². The van der Waals surface area contributed by atoms with Gasteiger partial charge >= 0.3 is 0 Å². The van der Waals surface area contributed by atoms with Crippen LogP contribution in [0.1, 0.15) is 6.42 Å². The minimum Gasteiger partial charge on any atom is -0.368 e. The Morgan fingerprint density at radius 2 is 2.67 bits per heavy atom. The van der Waals surface area contributed by atoms with Crippen molar-refractivity contribution >= 4 is 11.8 Å². The first-order valence-corrected chi connectivity index (χ1v) is 4.11. The van der Waals surface area contributed by atoms with Crippen LogP contribution in [0.3, 0.4) is 0 Å². The summed E-state index contributed by atoms with van der Waals surface area (Å²) in [6.07, 6.45) is 1.02. The second-order valence-corrected chi connectivity index (χ2v) is 2.97. The molecule has 0 saturated heterocycles. The van der Waals surface area contributed by atoms with Crippen LogP contribution in [-0.2, 0) is 0 Å². The number of nitrogens with zero attached hydrogens (tertiary/aromatic N) is 1. The minimum atomic E-state index is 0.761. The van der Waals surface area contributed by atoms with Gasteiger partial charge in [0.05, 0.1) is 5.88 Å². The molecule has 1 heterocycles. The van der Waals surface area contributed by atoms with E-state index in [2.05, 4.69) is 17.4 Å². The lowest BCUT2D eigenvalue weighted by atomic mass is 10.3. The predicted molar refractivity (Wildman–Crippen MR) is 42.0 cm³/mol. The van der Waals surface area contributed by atoms with Crippen LogP contribution in [0.4, 0.5) is 0 Å². The van der Waals surface area contributed by atoms with Gasteiger partial charge in [-0.15, -0.1) is 11.8 Å². The van der Waals surface area contributed by atoms with E-state index in [4.69, 9.17) is 5.73 Å². The molecular weight excluding hydrogens is 132 g/mol. The van der Waals surface area contributed by atoms with Crippen molar-refractivity contribution < 1.29 is 0 Å². The molecule has 2 N–H and O–H groups in total. The number of hydrogen-bond acceptors (Lipinski definition) is 3. The highest BCUT2D eigenvalue weighted by Gasteiger charge is 2.08. The zero-order valence-corrected chi connectivity index (χ0v) is 6.45. The van der Waals surface area contributed by atoms with Crippen LogP contribution in [0.5, 0.6) is 0 Å². The Morgan fingerprint density at radius 1 is 1.89 bits per heavy atom. The SMILES string of the molecule is CN1CSC=C1CCN. The summed E-state index contributed by atoms with van der Waals surface area (Å²) >= 11 is 1.84. The van der Waals surface area contributed by atoms with Gasteiger partial charge < -0.3 is 10.6 Å². The third-order valence-corrected chi connectivity index (χ3v) is 2.35. The Morgan fingerprint density at radius 3 is 3.11 bits per heavy atom. The highest BCUT2D eigenvalue weighted by molar-refractivity contribution is 8.02. The van der Waals surface area contributed by atoms with E-state index >= 15 is 0 Å². The number of hydrogen-bond donors (Lipinski definition) is 1. The topological polar surface area (TPSA) is 29.3 Å². The summed E-state index contributed by atoms with van der Waals surface area (Å²) in [5.41, 5.74) is 6.77. The van der Waals surface area contributed by atoms with Crippen LogP contribution in [0.15, 0.2) is 11.1 Å². The highest BCUT2D eigenvalue weighted by Crippen LogP contribution is 2.22. The number of rotatable bonds is 2. The van der Waals surface area contributed by atoms with Gasteiger partial charge in [-0.25, -0.2) is 0 Å². The van der Waals surface area contributed by atoms with Gasteiger partial charge in [0.15, 0.2) is 0 Å². The smallest absolute Gasteiger partial charge is 0.0674 e. The molecule has 1 aliphatic heterocycles. The Balaban J connectivity index is 2.38. The van der Waals surface area contributed by atoms with Gasteiger partial charge in [0.25, 0.3) is 0 Å². The normalized spacial score (nSPS) is 18.4. The van der Waals surface area contributed by atoms with Gasteiger partial charge in [-0.05, 0) is 12.0 Å². The van der Waals surface area contributed by atoms with E-state index < -0.39 is 0 Å². The molecule has 0 radical (unpaired) electrons. The Labute approximate surface area is 60.1 Å². The molecule has 3 heteroatoms. The average Bonchev–Trinajstić information content (AvgIpc) is 2.18. The molecule has 52 valence electrons. The fourth-order valence-electron chi connectivity index (χ4n) is 0.816. The Bertz CT molecular complexity index is 122. The van der Waals surface area contributed by atoms with E-state index in [1.54, 1.807) is 0 Å². The molecule has 2 nitrogen and oxygen atoms in total. The van der Waals surface area contributed by atoms with E-state index in [0.717, 1.165) is 18.8 Å². The quantitative estimate of drug-likeness (QED) is 0.622. The van der Waals surface area contributed by atoms with Crippen molar-refractivity contribution in [3.63, 3.8) is 0 Å². The predicted octanol–water partition coefficient (Wildman–Crippen LogP) is 0.813. The van der Waals surface area contributed by atoms with Crippen molar-refractivity contribution in [2.24, 2.45) is 5.73 Å². The Kier molecular flexibility index (Phi) is 2.42. The third-order valence-electron chi connectivity index (χ3n) is 1.38. The second kappa shape index (κ2) is 3.13. The maximum atomic E-state index is 5.39. The van der Waals surface area contributed by atoms with Crippen LogP contribution in [0.2, 0.25) is 0 Å². The van der Waals surface area contributed by atoms with Crippen molar-refractivity contribution in [3.05, 3.63) is 11.1 Å². The summed E-state index contributed by atoms with van der Waals surface area (Å²) < 4.78 is 0. The number of thioether (sulfide) groups is 1. The maximum Gasteiger partial charge on any atom is 0.0674 e. The first kappa shape index (κ1) is 6.96. The zero-order chi connectivity index (χ0) is 6.69. The summed E-state index contributed by atoms with van der Waals surface area (Å²) in [7, 11) is 2.10. The van der Waals surface area contributed by atoms with Crippen LogP contribution in [0.25, 0.3) is 0 Å². The summed E-state index contributed by atoms with van der Waals surface area (Å²) in [5.74, 6) is 1.09. The summed E-state index contributed by atoms with van der Waals surface area (Å²) in [5, 5.41) is 2.19. The third kappa shape index (κ3) is 1.63. The van der Waals surface area contributed by atoms with Gasteiger partial charge in [0.1, 0.15) is 0 Å². The molecule has 0 aromatic rings. The second-order valence-electron chi connectivity index (χ2n) is 2.14. The van der Waals surface area contributed by atoms with Crippen LogP contribution >= 0.6 is 11.8 Å². The fourth-order valence-corrected chi connectivity index (χ4v) is 1.77. The molecule has 0 aromatic heterocycles. The highest BCUT2D eigenvalue weighted by atomic mass is 32.2. The molecule has 0 aromatic carbocycles. The van der Waals surface area contributed by atoms with Crippen molar-refractivity contribution in [1.82, 2.24) is 4.90 Å². The van der Waals surface area contributed by atoms with Crippen molar-refractivity contribution in [1.29, 1.82) is 0 Å². The number of nitrogens with two attached hydrogens (primary N) is 1. The molecule has 0 unspecified atom stereocenters. The molecular formula is C6H12N2S. The van der Waals surface area contributed by atoms with Crippen LogP contribution in [0, 0.1) is 0 Å². The lowest BCUT2D eigenvalue weighted by molar-refractivity contribution is 0.482. The zero-order valence-electron chi connectivity index (χ0n) is 5.63. The van der Waals surface area contributed by atoms with E-state index in [1.165, 1.54) is 5.70 Å². The minimum absolute atomic E-state index is 0.761. The van der Waals surface area contributed by atoms with E-state index in [1.807, 2.05) is 11.8 Å².